The summed E-state index contributed by atoms with van der Waals surface area (Å²) in [6, 6.07) is 12.1. The Balaban J connectivity index is 2.12. The standard InChI is InChI=1S/C14H13N3OS/c1-8(9-5-3-2-4-6-9)11-7-10-12(18)16-14(15)17-13(10)19-11/h2-8H,1H3,(H3,15,16,17,18)/t8-/m0/s1. The lowest BCUT2D eigenvalue weighted by Crippen LogP contribution is -2.09. The van der Waals surface area contributed by atoms with Gasteiger partial charge in [-0.05, 0) is 11.6 Å². The minimum Gasteiger partial charge on any atom is -0.369 e. The van der Waals surface area contributed by atoms with Gasteiger partial charge in [-0.25, -0.2) is 4.98 Å². The molecule has 0 aliphatic heterocycles. The van der Waals surface area contributed by atoms with E-state index in [4.69, 9.17) is 5.73 Å². The van der Waals surface area contributed by atoms with E-state index >= 15 is 0 Å². The van der Waals surface area contributed by atoms with Crippen LogP contribution in [-0.2, 0) is 0 Å². The highest BCUT2D eigenvalue weighted by Gasteiger charge is 2.14. The maximum Gasteiger partial charge on any atom is 0.261 e. The fraction of sp³-hybridized carbons (Fsp3) is 0.143. The van der Waals surface area contributed by atoms with Gasteiger partial charge in [-0.2, -0.15) is 0 Å². The van der Waals surface area contributed by atoms with Crippen LogP contribution >= 0.6 is 11.3 Å². The fourth-order valence-corrected chi connectivity index (χ4v) is 3.20. The van der Waals surface area contributed by atoms with Crippen molar-refractivity contribution < 1.29 is 0 Å². The van der Waals surface area contributed by atoms with Gasteiger partial charge < -0.3 is 5.73 Å². The number of thiophene rings is 1. The Morgan fingerprint density at radius 1 is 1.32 bits per heavy atom. The lowest BCUT2D eigenvalue weighted by molar-refractivity contribution is 0.948. The molecule has 3 rings (SSSR count). The van der Waals surface area contributed by atoms with Crippen LogP contribution in [0.3, 0.4) is 0 Å². The summed E-state index contributed by atoms with van der Waals surface area (Å²) in [5.41, 5.74) is 6.61. The Morgan fingerprint density at radius 3 is 2.79 bits per heavy atom. The van der Waals surface area contributed by atoms with Gasteiger partial charge in [0.1, 0.15) is 4.83 Å². The minimum atomic E-state index is -0.176. The second kappa shape index (κ2) is 4.51. The van der Waals surface area contributed by atoms with E-state index in [1.54, 1.807) is 0 Å². The number of hydrogen-bond donors (Lipinski definition) is 2. The predicted octanol–water partition coefficient (Wildman–Crippen LogP) is 2.72. The first-order valence-corrected chi connectivity index (χ1v) is 6.81. The number of aromatic nitrogens is 2. The molecular weight excluding hydrogens is 258 g/mol. The molecule has 0 aliphatic rings. The van der Waals surface area contributed by atoms with Gasteiger partial charge in [-0.1, -0.05) is 37.3 Å². The monoisotopic (exact) mass is 271 g/mol. The van der Waals surface area contributed by atoms with Crippen LogP contribution < -0.4 is 11.3 Å². The summed E-state index contributed by atoms with van der Waals surface area (Å²) in [6.45, 7) is 2.12. The number of H-pyrrole nitrogens is 1. The van der Waals surface area contributed by atoms with Gasteiger partial charge in [0, 0.05) is 10.8 Å². The Hall–Kier alpha value is -2.14. The van der Waals surface area contributed by atoms with Crippen molar-refractivity contribution in [2.24, 2.45) is 0 Å². The summed E-state index contributed by atoms with van der Waals surface area (Å²) in [5.74, 6) is 0.402. The SMILES string of the molecule is C[C@@H](c1ccccc1)c1cc2c(=O)[nH]c(N)nc2s1. The van der Waals surface area contributed by atoms with E-state index in [1.807, 2.05) is 24.3 Å². The average Bonchev–Trinajstić information content (AvgIpc) is 2.83. The van der Waals surface area contributed by atoms with Gasteiger partial charge in [0.05, 0.1) is 5.39 Å². The van der Waals surface area contributed by atoms with Crippen LogP contribution in [0.25, 0.3) is 10.2 Å². The normalized spacial score (nSPS) is 12.7. The highest BCUT2D eigenvalue weighted by molar-refractivity contribution is 7.18. The average molecular weight is 271 g/mol. The molecule has 1 atom stereocenters. The van der Waals surface area contributed by atoms with E-state index in [1.165, 1.54) is 16.9 Å². The van der Waals surface area contributed by atoms with E-state index in [-0.39, 0.29) is 17.4 Å². The number of rotatable bonds is 2. The summed E-state index contributed by atoms with van der Waals surface area (Å²) in [4.78, 5) is 20.3. The van der Waals surface area contributed by atoms with Crippen molar-refractivity contribution in [2.45, 2.75) is 12.8 Å². The molecule has 0 radical (unpaired) electrons. The zero-order valence-electron chi connectivity index (χ0n) is 10.4. The van der Waals surface area contributed by atoms with Crippen LogP contribution in [0.4, 0.5) is 5.95 Å². The molecule has 0 bridgehead atoms. The lowest BCUT2D eigenvalue weighted by Gasteiger charge is -2.08. The van der Waals surface area contributed by atoms with Crippen molar-refractivity contribution in [1.82, 2.24) is 9.97 Å². The number of nitrogens with one attached hydrogen (secondary N) is 1. The molecule has 4 nitrogen and oxygen atoms in total. The minimum absolute atomic E-state index is 0.165. The number of fused-ring (bicyclic) bond motifs is 1. The molecule has 3 N–H and O–H groups in total. The number of nitrogens with two attached hydrogens (primary N) is 1. The largest absolute Gasteiger partial charge is 0.369 e. The molecule has 2 aromatic heterocycles. The van der Waals surface area contributed by atoms with Crippen LogP contribution in [0.2, 0.25) is 0 Å². The number of benzene rings is 1. The maximum atomic E-state index is 11.8. The Morgan fingerprint density at radius 2 is 2.05 bits per heavy atom. The first-order valence-electron chi connectivity index (χ1n) is 5.99. The Bertz CT molecular complexity index is 776. The van der Waals surface area contributed by atoms with Gasteiger partial charge in [-0.3, -0.25) is 9.78 Å². The van der Waals surface area contributed by atoms with E-state index in [9.17, 15) is 4.79 Å². The third-order valence-corrected chi connectivity index (χ3v) is 4.38. The van der Waals surface area contributed by atoms with Crippen molar-refractivity contribution in [2.75, 3.05) is 5.73 Å². The smallest absolute Gasteiger partial charge is 0.261 e. The number of hydrogen-bond acceptors (Lipinski definition) is 4. The van der Waals surface area contributed by atoms with Crippen molar-refractivity contribution in [3.05, 3.63) is 57.2 Å². The fourth-order valence-electron chi connectivity index (χ4n) is 2.09. The van der Waals surface area contributed by atoms with Gasteiger partial charge in [0.2, 0.25) is 5.95 Å². The second-order valence-corrected chi connectivity index (χ2v) is 5.51. The van der Waals surface area contributed by atoms with Crippen LogP contribution in [-0.4, -0.2) is 9.97 Å². The first-order chi connectivity index (χ1) is 9.15. The van der Waals surface area contributed by atoms with Crippen molar-refractivity contribution in [3.63, 3.8) is 0 Å². The Kier molecular flexibility index (Phi) is 2.83. The Labute approximate surface area is 113 Å². The molecule has 0 unspecified atom stereocenters. The molecule has 0 saturated heterocycles. The predicted molar refractivity (Wildman–Crippen MR) is 78.6 cm³/mol. The van der Waals surface area contributed by atoms with Gasteiger partial charge in [0.15, 0.2) is 0 Å². The molecule has 3 aromatic rings. The lowest BCUT2D eigenvalue weighted by atomic mass is 10.00. The molecule has 0 spiro atoms. The molecule has 0 saturated carbocycles. The van der Waals surface area contributed by atoms with Crippen LogP contribution in [0.15, 0.2) is 41.2 Å². The number of nitrogens with zero attached hydrogens (tertiary/aromatic N) is 1. The van der Waals surface area contributed by atoms with Gasteiger partial charge in [0.25, 0.3) is 5.56 Å². The van der Waals surface area contributed by atoms with Crippen molar-refractivity contribution in [3.8, 4) is 0 Å². The molecular formula is C14H13N3OS. The van der Waals surface area contributed by atoms with Crippen LogP contribution in [0.1, 0.15) is 23.3 Å². The number of anilines is 1. The second-order valence-electron chi connectivity index (χ2n) is 4.45. The first kappa shape index (κ1) is 11.9. The van der Waals surface area contributed by atoms with E-state index < -0.39 is 0 Å². The summed E-state index contributed by atoms with van der Waals surface area (Å²) >= 11 is 1.52. The van der Waals surface area contributed by atoms with Gasteiger partial charge >= 0.3 is 0 Å². The summed E-state index contributed by atoms with van der Waals surface area (Å²) in [6.07, 6.45) is 0. The topological polar surface area (TPSA) is 71.8 Å². The van der Waals surface area contributed by atoms with Crippen molar-refractivity contribution >= 4 is 27.5 Å². The molecule has 5 heteroatoms. The highest BCUT2D eigenvalue weighted by Crippen LogP contribution is 2.32. The third-order valence-electron chi connectivity index (χ3n) is 3.17. The third kappa shape index (κ3) is 2.13. The van der Waals surface area contributed by atoms with Gasteiger partial charge in [-0.15, -0.1) is 11.3 Å². The molecule has 96 valence electrons. The van der Waals surface area contributed by atoms with E-state index in [0.29, 0.717) is 10.2 Å². The summed E-state index contributed by atoms with van der Waals surface area (Å²) < 4.78 is 0. The molecule has 19 heavy (non-hydrogen) atoms. The van der Waals surface area contributed by atoms with Crippen LogP contribution in [0.5, 0.6) is 0 Å². The number of aromatic amines is 1. The molecule has 0 amide bonds. The van der Waals surface area contributed by atoms with E-state index in [0.717, 1.165) is 4.88 Å². The zero-order chi connectivity index (χ0) is 13.4. The highest BCUT2D eigenvalue weighted by atomic mass is 32.1. The summed E-state index contributed by atoms with van der Waals surface area (Å²) in [7, 11) is 0. The maximum absolute atomic E-state index is 11.8. The zero-order valence-corrected chi connectivity index (χ0v) is 11.2. The number of nitrogen functional groups attached to an aromatic ring is 1. The molecule has 1 aromatic carbocycles. The van der Waals surface area contributed by atoms with Crippen LogP contribution in [0, 0.1) is 0 Å². The molecule has 0 aliphatic carbocycles. The van der Waals surface area contributed by atoms with Crippen molar-refractivity contribution in [1.29, 1.82) is 0 Å². The summed E-state index contributed by atoms with van der Waals surface area (Å²) in [5, 5.41) is 0.608. The quantitative estimate of drug-likeness (QED) is 0.752. The van der Waals surface area contributed by atoms with E-state index in [2.05, 4.69) is 29.0 Å². The molecule has 2 heterocycles. The molecule has 0 fully saturated rings.